The van der Waals surface area contributed by atoms with Crippen molar-refractivity contribution in [2.24, 2.45) is 11.6 Å². The van der Waals surface area contributed by atoms with E-state index in [1.807, 2.05) is 24.3 Å². The number of anilines is 1. The van der Waals surface area contributed by atoms with Gasteiger partial charge in [0.2, 0.25) is 11.7 Å². The maximum atomic E-state index is 14.6. The van der Waals surface area contributed by atoms with Crippen molar-refractivity contribution in [2.45, 2.75) is 32.4 Å². The SMILES string of the molecule is CC(=O)NC1CCN(Cc2ccc(-c3noc(/C(N)=C(\c4ccncc4)N(N)c4ccccc4F)n3)cc2)CC1. The monoisotopic (exact) mass is 542 g/mol. The number of para-hydroxylation sites is 1. The second kappa shape index (κ2) is 12.1. The number of nitrogens with zero attached hydrogens (tertiary/aromatic N) is 5. The molecule has 0 atom stereocenters. The molecule has 0 unspecified atom stereocenters. The number of aromatic nitrogens is 3. The van der Waals surface area contributed by atoms with Crippen molar-refractivity contribution < 1.29 is 13.7 Å². The molecule has 0 aliphatic carbocycles. The van der Waals surface area contributed by atoms with Crippen molar-refractivity contribution in [1.29, 1.82) is 0 Å². The summed E-state index contributed by atoms with van der Waals surface area (Å²) < 4.78 is 20.1. The second-order valence-electron chi connectivity index (χ2n) is 9.69. The van der Waals surface area contributed by atoms with E-state index in [-0.39, 0.29) is 29.2 Å². The highest BCUT2D eigenvalue weighted by atomic mass is 19.1. The molecule has 0 spiro atoms. The van der Waals surface area contributed by atoms with Gasteiger partial charge in [-0.15, -0.1) is 0 Å². The molecule has 5 N–H and O–H groups in total. The molecule has 2 aromatic carbocycles. The van der Waals surface area contributed by atoms with E-state index < -0.39 is 5.82 Å². The fourth-order valence-corrected chi connectivity index (χ4v) is 4.79. The summed E-state index contributed by atoms with van der Waals surface area (Å²) in [5, 5.41) is 8.29. The Labute approximate surface area is 231 Å². The Morgan fingerprint density at radius 1 is 1.10 bits per heavy atom. The van der Waals surface area contributed by atoms with Gasteiger partial charge >= 0.3 is 0 Å². The van der Waals surface area contributed by atoms with Crippen LogP contribution < -0.4 is 21.9 Å². The Morgan fingerprint density at radius 3 is 2.48 bits per heavy atom. The number of piperidine rings is 1. The van der Waals surface area contributed by atoms with E-state index in [4.69, 9.17) is 16.1 Å². The van der Waals surface area contributed by atoms with Crippen LogP contribution >= 0.6 is 0 Å². The maximum absolute atomic E-state index is 14.6. The van der Waals surface area contributed by atoms with Crippen LogP contribution in [-0.4, -0.2) is 45.1 Å². The van der Waals surface area contributed by atoms with Crippen LogP contribution in [0.15, 0.2) is 77.6 Å². The van der Waals surface area contributed by atoms with Crippen LogP contribution in [0, 0.1) is 5.82 Å². The summed E-state index contributed by atoms with van der Waals surface area (Å²) in [6, 6.07) is 17.7. The number of nitrogens with two attached hydrogens (primary N) is 2. The van der Waals surface area contributed by atoms with Crippen molar-refractivity contribution in [3.8, 4) is 11.4 Å². The minimum absolute atomic E-state index is 0.0231. The topological polar surface area (TPSA) is 139 Å². The van der Waals surface area contributed by atoms with Gasteiger partial charge in [-0.05, 0) is 42.7 Å². The number of nitrogens with one attached hydrogen (secondary N) is 1. The number of benzene rings is 2. The third-order valence-electron chi connectivity index (χ3n) is 6.83. The molecule has 1 aliphatic heterocycles. The molecule has 0 bridgehead atoms. The van der Waals surface area contributed by atoms with E-state index >= 15 is 0 Å². The van der Waals surface area contributed by atoms with E-state index in [2.05, 4.69) is 25.3 Å². The van der Waals surface area contributed by atoms with Gasteiger partial charge < -0.3 is 15.6 Å². The summed E-state index contributed by atoms with van der Waals surface area (Å²) in [6.45, 7) is 4.23. The average molecular weight is 543 g/mol. The van der Waals surface area contributed by atoms with Crippen LogP contribution in [0.25, 0.3) is 22.8 Å². The van der Waals surface area contributed by atoms with Gasteiger partial charge in [-0.2, -0.15) is 4.98 Å². The molecular weight excluding hydrogens is 511 g/mol. The molecule has 0 radical (unpaired) electrons. The molecule has 1 fully saturated rings. The van der Waals surface area contributed by atoms with Crippen molar-refractivity contribution in [1.82, 2.24) is 25.3 Å². The number of rotatable bonds is 8. The summed E-state index contributed by atoms with van der Waals surface area (Å²) in [5.41, 5.74) is 9.55. The third-order valence-corrected chi connectivity index (χ3v) is 6.83. The zero-order valence-electron chi connectivity index (χ0n) is 22.1. The van der Waals surface area contributed by atoms with Crippen LogP contribution in [0.1, 0.15) is 36.8 Å². The Balaban J connectivity index is 1.34. The molecule has 4 aromatic rings. The first-order valence-corrected chi connectivity index (χ1v) is 13.0. The lowest BCUT2D eigenvalue weighted by molar-refractivity contribution is -0.119. The van der Waals surface area contributed by atoms with Crippen molar-refractivity contribution in [3.05, 3.63) is 95.9 Å². The number of hydrogen-bond acceptors (Lipinski definition) is 9. The highest BCUT2D eigenvalue weighted by molar-refractivity contribution is 5.93. The molecule has 1 aliphatic rings. The molecule has 40 heavy (non-hydrogen) atoms. The van der Waals surface area contributed by atoms with Gasteiger partial charge in [0, 0.05) is 56.1 Å². The van der Waals surface area contributed by atoms with Gasteiger partial charge in [-0.1, -0.05) is 41.6 Å². The largest absolute Gasteiger partial charge is 0.392 e. The highest BCUT2D eigenvalue weighted by Crippen LogP contribution is 2.30. The lowest BCUT2D eigenvalue weighted by atomic mass is 10.0. The Hall–Kier alpha value is -4.61. The molecule has 2 aromatic heterocycles. The number of likely N-dealkylation sites (tertiary alicyclic amines) is 1. The quantitative estimate of drug-likeness (QED) is 0.225. The predicted molar refractivity (Wildman–Crippen MR) is 150 cm³/mol. The van der Waals surface area contributed by atoms with Crippen LogP contribution in [0.3, 0.4) is 0 Å². The number of amides is 1. The molecular formula is C29H31FN8O2. The molecule has 10 nitrogen and oxygen atoms in total. The summed E-state index contributed by atoms with van der Waals surface area (Å²) in [5.74, 6) is 6.31. The van der Waals surface area contributed by atoms with Gasteiger partial charge in [0.1, 0.15) is 11.5 Å². The number of halogens is 1. The summed E-state index contributed by atoms with van der Waals surface area (Å²) in [4.78, 5) is 22.2. The molecule has 1 amide bonds. The number of pyridine rings is 1. The van der Waals surface area contributed by atoms with Crippen LogP contribution in [0.5, 0.6) is 0 Å². The standard InChI is InChI=1S/C29H31FN8O2/c1-19(39)34-23-12-16-37(17-13-23)18-20-6-8-22(9-7-20)28-35-29(40-36-28)26(31)27(21-10-14-33-15-11-21)38(32)25-5-3-2-4-24(25)30/h2-11,14-15,23H,12-13,16-18,31-32H2,1H3,(H,34,39)/b27-26-. The molecule has 5 rings (SSSR count). The molecule has 206 valence electrons. The average Bonchev–Trinajstić information content (AvgIpc) is 3.46. The molecule has 1 saturated heterocycles. The fraction of sp³-hybridized carbons (Fsp3) is 0.241. The van der Waals surface area contributed by atoms with E-state index in [0.29, 0.717) is 17.1 Å². The predicted octanol–water partition coefficient (Wildman–Crippen LogP) is 3.54. The number of hydrogen-bond donors (Lipinski definition) is 3. The lowest BCUT2D eigenvalue weighted by Crippen LogP contribution is -2.43. The highest BCUT2D eigenvalue weighted by Gasteiger charge is 2.23. The van der Waals surface area contributed by atoms with Crippen molar-refractivity contribution in [2.75, 3.05) is 18.1 Å². The fourth-order valence-electron chi connectivity index (χ4n) is 4.79. The first-order chi connectivity index (χ1) is 19.4. The van der Waals surface area contributed by atoms with E-state index in [1.165, 1.54) is 6.07 Å². The number of carbonyl (C=O) groups is 1. The summed E-state index contributed by atoms with van der Waals surface area (Å²) in [6.07, 6.45) is 5.06. The Kier molecular flexibility index (Phi) is 8.13. The van der Waals surface area contributed by atoms with Gasteiger partial charge in [0.15, 0.2) is 0 Å². The van der Waals surface area contributed by atoms with Crippen LogP contribution in [-0.2, 0) is 11.3 Å². The Morgan fingerprint density at radius 2 is 1.80 bits per heavy atom. The summed E-state index contributed by atoms with van der Waals surface area (Å²) in [7, 11) is 0. The van der Waals surface area contributed by atoms with Gasteiger partial charge in [-0.3, -0.25) is 19.7 Å². The summed E-state index contributed by atoms with van der Waals surface area (Å²) >= 11 is 0. The van der Waals surface area contributed by atoms with Gasteiger partial charge in [0.25, 0.3) is 5.89 Å². The number of carbonyl (C=O) groups excluding carboxylic acids is 1. The normalized spacial score (nSPS) is 15.0. The maximum Gasteiger partial charge on any atom is 0.276 e. The minimum Gasteiger partial charge on any atom is -0.392 e. The van der Waals surface area contributed by atoms with Crippen LogP contribution in [0.4, 0.5) is 10.1 Å². The van der Waals surface area contributed by atoms with E-state index in [9.17, 15) is 9.18 Å². The van der Waals surface area contributed by atoms with Crippen molar-refractivity contribution >= 4 is 23.0 Å². The van der Waals surface area contributed by atoms with Crippen LogP contribution in [0.2, 0.25) is 0 Å². The van der Waals surface area contributed by atoms with Gasteiger partial charge in [-0.25, -0.2) is 10.2 Å². The lowest BCUT2D eigenvalue weighted by Gasteiger charge is -2.32. The molecule has 3 heterocycles. The first kappa shape index (κ1) is 27.0. The zero-order chi connectivity index (χ0) is 28.1. The number of hydrazine groups is 1. The molecule has 0 saturated carbocycles. The smallest absolute Gasteiger partial charge is 0.276 e. The molecule has 11 heteroatoms. The van der Waals surface area contributed by atoms with Gasteiger partial charge in [0.05, 0.1) is 11.4 Å². The Bertz CT molecular complexity index is 1480. The third kappa shape index (κ3) is 6.16. The zero-order valence-corrected chi connectivity index (χ0v) is 22.1. The van der Waals surface area contributed by atoms with Crippen molar-refractivity contribution in [3.63, 3.8) is 0 Å². The van der Waals surface area contributed by atoms with E-state index in [0.717, 1.165) is 48.6 Å². The minimum atomic E-state index is -0.507. The second-order valence-corrected chi connectivity index (χ2v) is 9.69. The van der Waals surface area contributed by atoms with E-state index in [1.54, 1.807) is 49.6 Å². The first-order valence-electron chi connectivity index (χ1n) is 13.0.